The Morgan fingerprint density at radius 3 is 2.32 bits per heavy atom. The summed E-state index contributed by atoms with van der Waals surface area (Å²) in [6, 6.07) is 3.12. The van der Waals surface area contributed by atoms with Gasteiger partial charge < -0.3 is 14.6 Å². The molecule has 0 bridgehead atoms. The molecule has 104 valence electrons. The third-order valence-electron chi connectivity index (χ3n) is 3.88. The van der Waals surface area contributed by atoms with Crippen LogP contribution in [-0.2, 0) is 16.9 Å². The molecule has 2 rings (SSSR count). The summed E-state index contributed by atoms with van der Waals surface area (Å²) in [5, 5.41) is 9.47. The van der Waals surface area contributed by atoms with E-state index in [-0.39, 0.29) is 0 Å². The van der Waals surface area contributed by atoms with Crippen LogP contribution in [0.25, 0.3) is 0 Å². The SMILES string of the molecule is COc1cc(OC)c(C2(C(=O)O)CCC2)cc1CF. The molecule has 0 aliphatic heterocycles. The van der Waals surface area contributed by atoms with E-state index in [0.717, 1.165) is 6.42 Å². The maximum Gasteiger partial charge on any atom is 0.314 e. The molecule has 0 spiro atoms. The van der Waals surface area contributed by atoms with E-state index < -0.39 is 18.1 Å². The number of rotatable bonds is 5. The molecule has 4 nitrogen and oxygen atoms in total. The summed E-state index contributed by atoms with van der Waals surface area (Å²) in [6.45, 7) is -0.699. The van der Waals surface area contributed by atoms with Crippen molar-refractivity contribution in [1.29, 1.82) is 0 Å². The summed E-state index contributed by atoms with van der Waals surface area (Å²) >= 11 is 0. The summed E-state index contributed by atoms with van der Waals surface area (Å²) in [5.41, 5.74) is -0.0466. The number of halogens is 1. The highest BCUT2D eigenvalue weighted by Gasteiger charge is 2.48. The summed E-state index contributed by atoms with van der Waals surface area (Å²) in [4.78, 5) is 11.5. The van der Waals surface area contributed by atoms with Gasteiger partial charge in [-0.05, 0) is 18.9 Å². The van der Waals surface area contributed by atoms with E-state index in [1.54, 1.807) is 12.1 Å². The Hall–Kier alpha value is -1.78. The number of hydrogen-bond donors (Lipinski definition) is 1. The van der Waals surface area contributed by atoms with E-state index in [0.29, 0.717) is 35.5 Å². The van der Waals surface area contributed by atoms with Crippen LogP contribution in [0, 0.1) is 0 Å². The van der Waals surface area contributed by atoms with Gasteiger partial charge in [0.05, 0.1) is 19.6 Å². The molecule has 1 aliphatic rings. The summed E-state index contributed by atoms with van der Waals surface area (Å²) in [7, 11) is 2.92. The van der Waals surface area contributed by atoms with E-state index in [1.165, 1.54) is 14.2 Å². The Bertz CT molecular complexity index is 494. The fourth-order valence-electron chi connectivity index (χ4n) is 2.57. The number of alkyl halides is 1. The van der Waals surface area contributed by atoms with Crippen LogP contribution in [0.2, 0.25) is 0 Å². The molecular formula is C14H17FO4. The zero-order chi connectivity index (χ0) is 14.0. The van der Waals surface area contributed by atoms with Gasteiger partial charge in [-0.1, -0.05) is 6.42 Å². The van der Waals surface area contributed by atoms with Crippen molar-refractivity contribution >= 4 is 5.97 Å². The normalized spacial score (nSPS) is 16.6. The summed E-state index contributed by atoms with van der Waals surface area (Å²) in [6.07, 6.45) is 1.96. The Morgan fingerprint density at radius 1 is 1.32 bits per heavy atom. The number of hydrogen-bond acceptors (Lipinski definition) is 3. The Kier molecular flexibility index (Phi) is 3.64. The van der Waals surface area contributed by atoms with Gasteiger partial charge >= 0.3 is 5.97 Å². The highest BCUT2D eigenvalue weighted by Crippen LogP contribution is 2.49. The van der Waals surface area contributed by atoms with Crippen molar-refractivity contribution in [1.82, 2.24) is 0 Å². The first-order valence-corrected chi connectivity index (χ1v) is 6.14. The van der Waals surface area contributed by atoms with Crippen LogP contribution >= 0.6 is 0 Å². The van der Waals surface area contributed by atoms with E-state index in [9.17, 15) is 14.3 Å². The maximum atomic E-state index is 13.0. The number of carboxylic acids is 1. The molecule has 0 atom stereocenters. The Labute approximate surface area is 111 Å². The topological polar surface area (TPSA) is 55.8 Å². The molecule has 19 heavy (non-hydrogen) atoms. The summed E-state index contributed by atoms with van der Waals surface area (Å²) < 4.78 is 23.4. The van der Waals surface area contributed by atoms with Gasteiger partial charge in [-0.25, -0.2) is 4.39 Å². The van der Waals surface area contributed by atoms with Gasteiger partial charge in [0, 0.05) is 17.2 Å². The van der Waals surface area contributed by atoms with Crippen LogP contribution in [0.1, 0.15) is 30.4 Å². The van der Waals surface area contributed by atoms with E-state index in [1.807, 2.05) is 0 Å². The third-order valence-corrected chi connectivity index (χ3v) is 3.88. The Morgan fingerprint density at radius 2 is 1.95 bits per heavy atom. The van der Waals surface area contributed by atoms with E-state index in [4.69, 9.17) is 9.47 Å². The quantitative estimate of drug-likeness (QED) is 0.892. The molecule has 1 aliphatic carbocycles. The van der Waals surface area contributed by atoms with Gasteiger partial charge in [-0.3, -0.25) is 4.79 Å². The number of ether oxygens (including phenoxy) is 2. The number of carbonyl (C=O) groups is 1. The van der Waals surface area contributed by atoms with Gasteiger partial charge in [0.25, 0.3) is 0 Å². The van der Waals surface area contributed by atoms with Crippen LogP contribution in [-0.4, -0.2) is 25.3 Å². The molecule has 0 unspecified atom stereocenters. The van der Waals surface area contributed by atoms with Crippen molar-refractivity contribution in [3.8, 4) is 11.5 Å². The van der Waals surface area contributed by atoms with Crippen LogP contribution in [0.4, 0.5) is 4.39 Å². The largest absolute Gasteiger partial charge is 0.496 e. The van der Waals surface area contributed by atoms with Crippen LogP contribution in [0.15, 0.2) is 12.1 Å². The van der Waals surface area contributed by atoms with Gasteiger partial charge in [-0.2, -0.15) is 0 Å². The fraction of sp³-hybridized carbons (Fsp3) is 0.500. The number of methoxy groups -OCH3 is 2. The lowest BCUT2D eigenvalue weighted by Gasteiger charge is -2.39. The number of aliphatic carboxylic acids is 1. The van der Waals surface area contributed by atoms with Gasteiger partial charge in [0.15, 0.2) is 0 Å². The van der Waals surface area contributed by atoms with Crippen molar-refractivity contribution in [3.63, 3.8) is 0 Å². The lowest BCUT2D eigenvalue weighted by atomic mass is 9.64. The second-order valence-corrected chi connectivity index (χ2v) is 4.74. The molecule has 1 fully saturated rings. The van der Waals surface area contributed by atoms with Crippen molar-refractivity contribution in [2.24, 2.45) is 0 Å². The molecule has 0 heterocycles. The van der Waals surface area contributed by atoms with Crippen LogP contribution in [0.5, 0.6) is 11.5 Å². The number of carboxylic acid groups (broad SMARTS) is 1. The predicted octanol–water partition coefficient (Wildman–Crippen LogP) is 2.68. The predicted molar refractivity (Wildman–Crippen MR) is 67.5 cm³/mol. The lowest BCUT2D eigenvalue weighted by Crippen LogP contribution is -2.42. The molecule has 0 radical (unpaired) electrons. The molecule has 1 aromatic carbocycles. The standard InChI is InChI=1S/C14H17FO4/c1-18-11-7-12(19-2)10(6-9(11)8-15)14(13(16)17)4-3-5-14/h6-7H,3-5,8H2,1-2H3,(H,16,17). The monoisotopic (exact) mass is 268 g/mol. The average molecular weight is 268 g/mol. The van der Waals surface area contributed by atoms with Crippen molar-refractivity contribution in [3.05, 3.63) is 23.3 Å². The van der Waals surface area contributed by atoms with E-state index in [2.05, 4.69) is 0 Å². The molecule has 1 saturated carbocycles. The molecule has 5 heteroatoms. The van der Waals surface area contributed by atoms with Gasteiger partial charge in [0.2, 0.25) is 0 Å². The molecule has 1 N–H and O–H groups in total. The van der Waals surface area contributed by atoms with Crippen molar-refractivity contribution < 1.29 is 23.8 Å². The highest BCUT2D eigenvalue weighted by molar-refractivity contribution is 5.84. The minimum atomic E-state index is -0.943. The molecule has 0 saturated heterocycles. The van der Waals surface area contributed by atoms with Gasteiger partial charge in [-0.15, -0.1) is 0 Å². The smallest absolute Gasteiger partial charge is 0.314 e. The average Bonchev–Trinajstić information content (AvgIpc) is 2.36. The van der Waals surface area contributed by atoms with Gasteiger partial charge in [0.1, 0.15) is 18.2 Å². The van der Waals surface area contributed by atoms with E-state index >= 15 is 0 Å². The minimum absolute atomic E-state index is 0.353. The second-order valence-electron chi connectivity index (χ2n) is 4.74. The zero-order valence-electron chi connectivity index (χ0n) is 11.0. The first kappa shape index (κ1) is 13.6. The summed E-state index contributed by atoms with van der Waals surface area (Å²) in [5.74, 6) is -0.0638. The second kappa shape index (κ2) is 5.07. The third kappa shape index (κ3) is 2.03. The number of benzene rings is 1. The fourth-order valence-corrected chi connectivity index (χ4v) is 2.57. The molecule has 0 amide bonds. The first-order chi connectivity index (χ1) is 9.08. The molecule has 1 aromatic rings. The Balaban J connectivity index is 2.58. The maximum absolute atomic E-state index is 13.0. The lowest BCUT2D eigenvalue weighted by molar-refractivity contribution is -0.147. The zero-order valence-corrected chi connectivity index (χ0v) is 11.0. The molecule has 0 aromatic heterocycles. The van der Waals surface area contributed by atoms with Crippen molar-refractivity contribution in [2.75, 3.05) is 14.2 Å². The first-order valence-electron chi connectivity index (χ1n) is 6.14. The minimum Gasteiger partial charge on any atom is -0.496 e. The van der Waals surface area contributed by atoms with Crippen molar-refractivity contribution in [2.45, 2.75) is 31.4 Å². The highest BCUT2D eigenvalue weighted by atomic mass is 19.1. The van der Waals surface area contributed by atoms with Crippen LogP contribution in [0.3, 0.4) is 0 Å². The molecular weight excluding hydrogens is 251 g/mol. The van der Waals surface area contributed by atoms with Crippen LogP contribution < -0.4 is 9.47 Å².